The van der Waals surface area contributed by atoms with Crippen molar-refractivity contribution in [2.75, 3.05) is 18.9 Å². The molecule has 0 radical (unpaired) electrons. The molecule has 1 aliphatic rings. The molecule has 1 aliphatic heterocycles. The van der Waals surface area contributed by atoms with E-state index in [4.69, 9.17) is 15.2 Å². The molecule has 0 bridgehead atoms. The highest BCUT2D eigenvalue weighted by atomic mass is 16.5. The van der Waals surface area contributed by atoms with Gasteiger partial charge in [-0.15, -0.1) is 0 Å². The second kappa shape index (κ2) is 5.31. The van der Waals surface area contributed by atoms with Crippen LogP contribution in [0.1, 0.15) is 31.2 Å². The Hall–Kier alpha value is -1.36. The van der Waals surface area contributed by atoms with Gasteiger partial charge in [-0.3, -0.25) is 0 Å². The summed E-state index contributed by atoms with van der Waals surface area (Å²) < 4.78 is 11.2. The van der Waals surface area contributed by atoms with Crippen molar-refractivity contribution in [3.8, 4) is 5.88 Å². The van der Waals surface area contributed by atoms with Crippen molar-refractivity contribution in [2.45, 2.75) is 39.2 Å². The second-order valence-electron chi connectivity index (χ2n) is 4.24. The lowest BCUT2D eigenvalue weighted by Crippen LogP contribution is -2.26. The highest BCUT2D eigenvalue weighted by Crippen LogP contribution is 2.23. The van der Waals surface area contributed by atoms with Crippen molar-refractivity contribution in [2.24, 2.45) is 0 Å². The van der Waals surface area contributed by atoms with Crippen LogP contribution in [-0.4, -0.2) is 29.3 Å². The summed E-state index contributed by atoms with van der Waals surface area (Å²) in [6, 6.07) is 0. The molecule has 2 heterocycles. The Balaban J connectivity index is 2.15. The van der Waals surface area contributed by atoms with Crippen molar-refractivity contribution in [3.63, 3.8) is 0 Å². The highest BCUT2D eigenvalue weighted by Gasteiger charge is 2.18. The summed E-state index contributed by atoms with van der Waals surface area (Å²) in [5.41, 5.74) is 6.67. The predicted molar refractivity (Wildman–Crippen MR) is 65.0 cm³/mol. The summed E-state index contributed by atoms with van der Waals surface area (Å²) >= 11 is 0. The highest BCUT2D eigenvalue weighted by molar-refractivity contribution is 5.44. The average Bonchev–Trinajstić information content (AvgIpc) is 2.36. The van der Waals surface area contributed by atoms with E-state index < -0.39 is 0 Å². The van der Waals surface area contributed by atoms with E-state index in [1.54, 1.807) is 0 Å². The molecule has 1 aromatic rings. The number of hydrogen-bond donors (Lipinski definition) is 1. The van der Waals surface area contributed by atoms with Crippen LogP contribution < -0.4 is 10.5 Å². The molecule has 0 aromatic carbocycles. The third-order valence-corrected chi connectivity index (χ3v) is 2.95. The Kier molecular flexibility index (Phi) is 3.78. The zero-order valence-corrected chi connectivity index (χ0v) is 10.4. The number of anilines is 1. The average molecular weight is 237 g/mol. The Labute approximate surface area is 101 Å². The molecule has 0 amide bonds. The first-order chi connectivity index (χ1) is 8.20. The fourth-order valence-electron chi connectivity index (χ4n) is 1.78. The van der Waals surface area contributed by atoms with Gasteiger partial charge in [0.1, 0.15) is 17.7 Å². The van der Waals surface area contributed by atoms with Gasteiger partial charge in [0.15, 0.2) is 0 Å². The summed E-state index contributed by atoms with van der Waals surface area (Å²) in [6.45, 7) is 5.40. The van der Waals surface area contributed by atoms with Gasteiger partial charge in [0, 0.05) is 19.3 Å². The van der Waals surface area contributed by atoms with E-state index in [1.807, 2.05) is 13.8 Å². The van der Waals surface area contributed by atoms with Crippen molar-refractivity contribution in [1.29, 1.82) is 0 Å². The van der Waals surface area contributed by atoms with Gasteiger partial charge < -0.3 is 15.2 Å². The maximum absolute atomic E-state index is 5.90. The van der Waals surface area contributed by atoms with Crippen LogP contribution in [0, 0.1) is 6.92 Å². The van der Waals surface area contributed by atoms with Gasteiger partial charge in [0.05, 0.1) is 18.8 Å². The fraction of sp³-hybridized carbons (Fsp3) is 0.667. The Morgan fingerprint density at radius 3 is 2.71 bits per heavy atom. The molecule has 1 saturated heterocycles. The van der Waals surface area contributed by atoms with Gasteiger partial charge in [-0.1, -0.05) is 6.92 Å². The summed E-state index contributed by atoms with van der Waals surface area (Å²) in [6.07, 6.45) is 2.76. The summed E-state index contributed by atoms with van der Waals surface area (Å²) in [5, 5.41) is 0. The van der Waals surface area contributed by atoms with E-state index in [0.29, 0.717) is 11.7 Å². The molecule has 0 spiro atoms. The minimum atomic E-state index is 0.182. The smallest absolute Gasteiger partial charge is 0.222 e. The van der Waals surface area contributed by atoms with E-state index in [-0.39, 0.29) is 6.10 Å². The van der Waals surface area contributed by atoms with E-state index in [0.717, 1.165) is 43.9 Å². The number of nitrogen functional groups attached to an aromatic ring is 1. The maximum Gasteiger partial charge on any atom is 0.222 e. The van der Waals surface area contributed by atoms with Crippen molar-refractivity contribution in [1.82, 2.24) is 9.97 Å². The number of ether oxygens (including phenoxy) is 2. The standard InChI is InChI=1S/C12H19N3O2/c1-3-10-14-11(13)8(2)12(15-10)17-9-4-6-16-7-5-9/h9H,3-7H2,1-2H3,(H2,13,14,15). The lowest BCUT2D eigenvalue weighted by molar-refractivity contribution is 0.0233. The third-order valence-electron chi connectivity index (χ3n) is 2.95. The quantitative estimate of drug-likeness (QED) is 0.862. The van der Waals surface area contributed by atoms with Crippen LogP contribution in [-0.2, 0) is 11.2 Å². The van der Waals surface area contributed by atoms with E-state index in [1.165, 1.54) is 0 Å². The Morgan fingerprint density at radius 1 is 1.35 bits per heavy atom. The number of hydrogen-bond acceptors (Lipinski definition) is 5. The SMILES string of the molecule is CCc1nc(N)c(C)c(OC2CCOCC2)n1. The zero-order valence-electron chi connectivity index (χ0n) is 10.4. The van der Waals surface area contributed by atoms with Crippen LogP contribution in [0.5, 0.6) is 5.88 Å². The number of rotatable bonds is 3. The molecule has 17 heavy (non-hydrogen) atoms. The van der Waals surface area contributed by atoms with Crippen LogP contribution >= 0.6 is 0 Å². The summed E-state index contributed by atoms with van der Waals surface area (Å²) in [5.74, 6) is 1.87. The maximum atomic E-state index is 5.90. The first-order valence-corrected chi connectivity index (χ1v) is 6.08. The molecular formula is C12H19N3O2. The fourth-order valence-corrected chi connectivity index (χ4v) is 1.78. The van der Waals surface area contributed by atoms with Gasteiger partial charge in [0.2, 0.25) is 5.88 Å². The van der Waals surface area contributed by atoms with Gasteiger partial charge in [-0.2, -0.15) is 4.98 Å². The van der Waals surface area contributed by atoms with Crippen molar-refractivity contribution in [3.05, 3.63) is 11.4 Å². The summed E-state index contributed by atoms with van der Waals surface area (Å²) in [4.78, 5) is 8.60. The number of nitrogens with two attached hydrogens (primary N) is 1. The third kappa shape index (κ3) is 2.85. The Morgan fingerprint density at radius 2 is 2.06 bits per heavy atom. The minimum absolute atomic E-state index is 0.182. The normalized spacial score (nSPS) is 17.1. The van der Waals surface area contributed by atoms with Crippen LogP contribution in [0.15, 0.2) is 0 Å². The van der Waals surface area contributed by atoms with Crippen LogP contribution in [0.3, 0.4) is 0 Å². The first kappa shape index (κ1) is 12.1. The molecular weight excluding hydrogens is 218 g/mol. The van der Waals surface area contributed by atoms with Gasteiger partial charge in [0.25, 0.3) is 0 Å². The van der Waals surface area contributed by atoms with E-state index in [2.05, 4.69) is 9.97 Å². The van der Waals surface area contributed by atoms with Gasteiger partial charge in [-0.05, 0) is 6.92 Å². The monoisotopic (exact) mass is 237 g/mol. The van der Waals surface area contributed by atoms with Gasteiger partial charge in [-0.25, -0.2) is 4.98 Å². The minimum Gasteiger partial charge on any atom is -0.474 e. The largest absolute Gasteiger partial charge is 0.474 e. The zero-order chi connectivity index (χ0) is 12.3. The topological polar surface area (TPSA) is 70.3 Å². The van der Waals surface area contributed by atoms with Crippen LogP contribution in [0.25, 0.3) is 0 Å². The molecule has 0 saturated carbocycles. The molecule has 0 aliphatic carbocycles. The lowest BCUT2D eigenvalue weighted by Gasteiger charge is -2.23. The lowest BCUT2D eigenvalue weighted by atomic mass is 10.1. The van der Waals surface area contributed by atoms with E-state index >= 15 is 0 Å². The molecule has 5 heteroatoms. The number of aryl methyl sites for hydroxylation is 1. The number of aromatic nitrogens is 2. The molecule has 0 atom stereocenters. The second-order valence-corrected chi connectivity index (χ2v) is 4.24. The molecule has 94 valence electrons. The molecule has 5 nitrogen and oxygen atoms in total. The predicted octanol–water partition coefficient (Wildman–Crippen LogP) is 1.49. The van der Waals surface area contributed by atoms with Crippen molar-refractivity contribution < 1.29 is 9.47 Å². The van der Waals surface area contributed by atoms with Crippen LogP contribution in [0.4, 0.5) is 5.82 Å². The molecule has 1 aromatic heterocycles. The Bertz CT molecular complexity index is 390. The molecule has 2 N–H and O–H groups in total. The molecule has 1 fully saturated rings. The van der Waals surface area contributed by atoms with Crippen LogP contribution in [0.2, 0.25) is 0 Å². The molecule has 2 rings (SSSR count). The number of nitrogens with zero attached hydrogens (tertiary/aromatic N) is 2. The molecule has 0 unspecified atom stereocenters. The van der Waals surface area contributed by atoms with E-state index in [9.17, 15) is 0 Å². The van der Waals surface area contributed by atoms with Gasteiger partial charge >= 0.3 is 0 Å². The first-order valence-electron chi connectivity index (χ1n) is 6.08. The van der Waals surface area contributed by atoms with Crippen molar-refractivity contribution >= 4 is 5.82 Å². The summed E-state index contributed by atoms with van der Waals surface area (Å²) in [7, 11) is 0.